The van der Waals surface area contributed by atoms with Gasteiger partial charge in [0, 0.05) is 38.8 Å². The van der Waals surface area contributed by atoms with Crippen molar-refractivity contribution in [3.05, 3.63) is 176 Å². The van der Waals surface area contributed by atoms with Gasteiger partial charge >= 0.3 is 0 Å². The molecule has 8 aromatic rings. The molecule has 0 atom stereocenters. The molecule has 0 radical (unpaired) electrons. The van der Waals surface area contributed by atoms with Gasteiger partial charge in [0.05, 0.1) is 16.6 Å². The Labute approximate surface area is 263 Å². The van der Waals surface area contributed by atoms with Crippen LogP contribution in [0.2, 0.25) is 0 Å². The second-order valence-electron chi connectivity index (χ2n) is 11.5. The van der Waals surface area contributed by atoms with Crippen LogP contribution >= 0.6 is 0 Å². The maximum absolute atomic E-state index is 3.95. The Bertz CT molecular complexity index is 2350. The van der Waals surface area contributed by atoms with Crippen LogP contribution in [0.1, 0.15) is 11.3 Å². The molecule has 2 aromatic heterocycles. The summed E-state index contributed by atoms with van der Waals surface area (Å²) in [5.41, 5.74) is 13.1. The van der Waals surface area contributed by atoms with E-state index in [0.29, 0.717) is 0 Å². The second kappa shape index (κ2) is 11.0. The highest BCUT2D eigenvalue weighted by atomic mass is 15.0. The van der Waals surface area contributed by atoms with E-state index in [0.717, 1.165) is 11.4 Å². The lowest BCUT2D eigenvalue weighted by atomic mass is 10.1. The van der Waals surface area contributed by atoms with Crippen LogP contribution in [0.5, 0.6) is 0 Å². The minimum atomic E-state index is 1.14. The summed E-state index contributed by atoms with van der Waals surface area (Å²) in [4.78, 5) is 0. The molecule has 0 aliphatic heterocycles. The molecule has 45 heavy (non-hydrogen) atoms. The van der Waals surface area contributed by atoms with Gasteiger partial charge in [-0.1, -0.05) is 128 Å². The van der Waals surface area contributed by atoms with E-state index in [-0.39, 0.29) is 0 Å². The molecule has 0 aliphatic carbocycles. The highest BCUT2D eigenvalue weighted by Gasteiger charge is 2.19. The molecule has 214 valence electrons. The molecular formula is C43H32N2. The summed E-state index contributed by atoms with van der Waals surface area (Å²) in [6.45, 7) is 6.16. The molecule has 0 aliphatic rings. The van der Waals surface area contributed by atoms with Gasteiger partial charge in [-0.2, -0.15) is 0 Å². The molecule has 2 heterocycles. The molecule has 0 saturated heterocycles. The number of para-hydroxylation sites is 1. The quantitative estimate of drug-likeness (QED) is 0.174. The van der Waals surface area contributed by atoms with Crippen molar-refractivity contribution in [1.29, 1.82) is 0 Å². The van der Waals surface area contributed by atoms with Gasteiger partial charge in [0.15, 0.2) is 0 Å². The second-order valence-corrected chi connectivity index (χ2v) is 11.5. The van der Waals surface area contributed by atoms with Crippen molar-refractivity contribution in [2.24, 2.45) is 0 Å². The topological polar surface area (TPSA) is 9.86 Å². The summed E-state index contributed by atoms with van der Waals surface area (Å²) in [5, 5.41) is 3.72. The summed E-state index contributed by atoms with van der Waals surface area (Å²) in [6, 6.07) is 52.4. The highest BCUT2D eigenvalue weighted by molar-refractivity contribution is 6.14. The van der Waals surface area contributed by atoms with E-state index in [9.17, 15) is 0 Å². The summed E-state index contributed by atoms with van der Waals surface area (Å²) >= 11 is 0. The molecule has 0 unspecified atom stereocenters. The zero-order valence-electron chi connectivity index (χ0n) is 25.2. The first-order valence-corrected chi connectivity index (χ1v) is 15.4. The first-order valence-electron chi connectivity index (χ1n) is 15.4. The van der Waals surface area contributed by atoms with Gasteiger partial charge < -0.3 is 9.13 Å². The molecular weight excluding hydrogens is 544 g/mol. The lowest BCUT2D eigenvalue weighted by Crippen LogP contribution is -1.98. The van der Waals surface area contributed by atoms with Crippen LogP contribution in [-0.4, -0.2) is 9.13 Å². The molecule has 2 nitrogen and oxygen atoms in total. The molecule has 0 N–H and O–H groups in total. The van der Waals surface area contributed by atoms with Gasteiger partial charge in [-0.15, -0.1) is 0 Å². The number of fused-ring (bicyclic) bond motifs is 4. The Kier molecular flexibility index (Phi) is 6.54. The van der Waals surface area contributed by atoms with E-state index in [2.05, 4.69) is 174 Å². The van der Waals surface area contributed by atoms with Crippen LogP contribution in [0.15, 0.2) is 164 Å². The number of nitrogens with zero attached hydrogens (tertiary/aromatic N) is 2. The number of rotatable bonds is 6. The molecule has 0 amide bonds. The highest BCUT2D eigenvalue weighted by Crippen LogP contribution is 2.39. The van der Waals surface area contributed by atoms with Crippen LogP contribution in [0.25, 0.3) is 72.4 Å². The first-order chi connectivity index (χ1) is 22.2. The molecule has 0 saturated carbocycles. The largest absolute Gasteiger partial charge is 0.313 e. The summed E-state index contributed by atoms with van der Waals surface area (Å²) < 4.78 is 4.80. The summed E-state index contributed by atoms with van der Waals surface area (Å²) in [5.74, 6) is 0. The van der Waals surface area contributed by atoms with E-state index in [1.165, 1.54) is 66.2 Å². The van der Waals surface area contributed by atoms with Crippen LogP contribution < -0.4 is 0 Å². The van der Waals surface area contributed by atoms with Crippen LogP contribution in [0.4, 0.5) is 0 Å². The standard InChI is InChI=1S/C43H32N2/c1-3-4-17-37-30(2)44(35-24-20-33(21-25-35)31-13-7-5-8-14-31)42-29-43-40(28-39(37)42)38-18-11-12-19-41(38)45(43)36-26-22-34(23-27-36)32-15-9-6-10-16-32/h3-29H,1H2,2H3/b17-4-. The minimum absolute atomic E-state index is 1.14. The number of aromatic nitrogens is 2. The summed E-state index contributed by atoms with van der Waals surface area (Å²) in [6.07, 6.45) is 6.07. The van der Waals surface area contributed by atoms with Crippen molar-refractivity contribution in [2.45, 2.75) is 6.92 Å². The smallest absolute Gasteiger partial charge is 0.0562 e. The van der Waals surface area contributed by atoms with Crippen LogP contribution in [0, 0.1) is 6.92 Å². The molecule has 0 bridgehead atoms. The van der Waals surface area contributed by atoms with E-state index >= 15 is 0 Å². The predicted octanol–water partition coefficient (Wildman–Crippen LogP) is 11.6. The maximum atomic E-state index is 3.95. The van der Waals surface area contributed by atoms with Gasteiger partial charge in [0.1, 0.15) is 0 Å². The van der Waals surface area contributed by atoms with E-state index in [1.54, 1.807) is 0 Å². The average molecular weight is 577 g/mol. The fraction of sp³-hybridized carbons (Fsp3) is 0.0233. The Hall–Kier alpha value is -5.86. The van der Waals surface area contributed by atoms with E-state index in [4.69, 9.17) is 0 Å². The fourth-order valence-electron chi connectivity index (χ4n) is 6.75. The average Bonchev–Trinajstić information content (AvgIpc) is 3.57. The van der Waals surface area contributed by atoms with Crippen molar-refractivity contribution in [2.75, 3.05) is 0 Å². The molecule has 2 heteroatoms. The normalized spacial score (nSPS) is 11.7. The van der Waals surface area contributed by atoms with Crippen molar-refractivity contribution < 1.29 is 0 Å². The van der Waals surface area contributed by atoms with Gasteiger partial charge in [0.2, 0.25) is 0 Å². The lowest BCUT2D eigenvalue weighted by molar-refractivity contribution is 1.05. The molecule has 0 spiro atoms. The zero-order valence-corrected chi connectivity index (χ0v) is 25.2. The predicted molar refractivity (Wildman–Crippen MR) is 192 cm³/mol. The Balaban J connectivity index is 1.37. The minimum Gasteiger partial charge on any atom is -0.313 e. The van der Waals surface area contributed by atoms with Crippen LogP contribution in [0.3, 0.4) is 0 Å². The monoisotopic (exact) mass is 576 g/mol. The first kappa shape index (κ1) is 26.7. The van der Waals surface area contributed by atoms with Crippen molar-refractivity contribution in [3.63, 3.8) is 0 Å². The van der Waals surface area contributed by atoms with Gasteiger partial charge in [0.25, 0.3) is 0 Å². The number of hydrogen-bond acceptors (Lipinski definition) is 0. The van der Waals surface area contributed by atoms with Crippen molar-refractivity contribution >= 4 is 38.8 Å². The third kappa shape index (κ3) is 4.51. The Morgan fingerprint density at radius 2 is 0.978 bits per heavy atom. The third-order valence-electron chi connectivity index (χ3n) is 8.91. The van der Waals surface area contributed by atoms with Crippen molar-refractivity contribution in [1.82, 2.24) is 9.13 Å². The van der Waals surface area contributed by atoms with Crippen LogP contribution in [-0.2, 0) is 0 Å². The Morgan fingerprint density at radius 1 is 0.467 bits per heavy atom. The Morgan fingerprint density at radius 3 is 1.58 bits per heavy atom. The number of benzene rings is 6. The summed E-state index contributed by atoms with van der Waals surface area (Å²) in [7, 11) is 0. The maximum Gasteiger partial charge on any atom is 0.0562 e. The van der Waals surface area contributed by atoms with Gasteiger partial charge in [-0.3, -0.25) is 0 Å². The molecule has 0 fully saturated rings. The SMILES string of the molecule is C=C/C=C\c1c(C)n(-c2ccc(-c3ccccc3)cc2)c2cc3c(cc12)c1ccccc1n3-c1ccc(-c2ccccc2)cc1. The third-order valence-corrected chi connectivity index (χ3v) is 8.91. The van der Waals surface area contributed by atoms with Gasteiger partial charge in [-0.05, 0) is 71.6 Å². The van der Waals surface area contributed by atoms with E-state index < -0.39 is 0 Å². The lowest BCUT2D eigenvalue weighted by Gasteiger charge is -2.12. The van der Waals surface area contributed by atoms with Crippen molar-refractivity contribution in [3.8, 4) is 33.6 Å². The molecule has 8 rings (SSSR count). The zero-order chi connectivity index (χ0) is 30.3. The number of hydrogen-bond donors (Lipinski definition) is 0. The van der Waals surface area contributed by atoms with Gasteiger partial charge in [-0.25, -0.2) is 0 Å². The molecule has 6 aromatic carbocycles. The number of allylic oxidation sites excluding steroid dienone is 2. The van der Waals surface area contributed by atoms with E-state index in [1.807, 2.05) is 12.2 Å². The fourth-order valence-corrected chi connectivity index (χ4v) is 6.75.